The van der Waals surface area contributed by atoms with Gasteiger partial charge in [0, 0.05) is 32.1 Å². The van der Waals surface area contributed by atoms with Crippen LogP contribution in [0.25, 0.3) is 0 Å². The van der Waals surface area contributed by atoms with Crippen LogP contribution in [-0.4, -0.2) is 55.1 Å². The van der Waals surface area contributed by atoms with Crippen LogP contribution in [0, 0.1) is 5.92 Å². The van der Waals surface area contributed by atoms with Crippen LogP contribution < -0.4 is 9.47 Å². The quantitative estimate of drug-likeness (QED) is 0.584. The predicted molar refractivity (Wildman–Crippen MR) is 127 cm³/mol. The highest BCUT2D eigenvalue weighted by atomic mass is 16.5. The number of ether oxygens (including phenoxy) is 2. The van der Waals surface area contributed by atoms with Gasteiger partial charge >= 0.3 is 0 Å². The topological polar surface area (TPSA) is 42.0 Å². The highest BCUT2D eigenvalue weighted by Gasteiger charge is 2.24. The Morgan fingerprint density at radius 2 is 1.81 bits per heavy atom. The van der Waals surface area contributed by atoms with Gasteiger partial charge in [0.15, 0.2) is 0 Å². The van der Waals surface area contributed by atoms with Crippen LogP contribution in [0.1, 0.15) is 54.9 Å². The molecular weight excluding hydrogens is 400 g/mol. The summed E-state index contributed by atoms with van der Waals surface area (Å²) in [7, 11) is 0. The smallest absolute Gasteiger partial charge is 0.257 e. The number of rotatable bonds is 8. The summed E-state index contributed by atoms with van der Waals surface area (Å²) in [5, 5.41) is 0. The maximum Gasteiger partial charge on any atom is 0.257 e. The summed E-state index contributed by atoms with van der Waals surface area (Å²) >= 11 is 0. The van der Waals surface area contributed by atoms with Crippen LogP contribution in [-0.2, 0) is 6.54 Å². The Morgan fingerprint density at radius 3 is 2.66 bits per heavy atom. The maximum absolute atomic E-state index is 13.0. The number of para-hydroxylation sites is 1. The Morgan fingerprint density at radius 1 is 0.969 bits per heavy atom. The molecule has 1 amide bonds. The van der Waals surface area contributed by atoms with E-state index in [1.807, 2.05) is 42.2 Å². The van der Waals surface area contributed by atoms with E-state index in [0.29, 0.717) is 24.7 Å². The lowest BCUT2D eigenvalue weighted by molar-refractivity contribution is 0.0716. The van der Waals surface area contributed by atoms with E-state index in [2.05, 4.69) is 23.1 Å². The molecule has 172 valence electrons. The molecule has 0 aromatic heterocycles. The van der Waals surface area contributed by atoms with E-state index in [0.717, 1.165) is 63.5 Å². The molecule has 1 unspecified atom stereocenters. The highest BCUT2D eigenvalue weighted by molar-refractivity contribution is 5.97. The van der Waals surface area contributed by atoms with Gasteiger partial charge in [-0.15, -0.1) is 0 Å². The molecule has 5 heteroatoms. The lowest BCUT2D eigenvalue weighted by Crippen LogP contribution is -2.37. The minimum Gasteiger partial charge on any atom is -0.494 e. The van der Waals surface area contributed by atoms with Crippen molar-refractivity contribution in [2.75, 3.05) is 39.4 Å². The number of piperidine rings is 2. The summed E-state index contributed by atoms with van der Waals surface area (Å²) in [4.78, 5) is 17.5. The van der Waals surface area contributed by atoms with Gasteiger partial charge in [-0.25, -0.2) is 0 Å². The first kappa shape index (κ1) is 22.7. The molecule has 0 bridgehead atoms. The Hall–Kier alpha value is -2.53. The molecule has 0 radical (unpaired) electrons. The second-order valence-corrected chi connectivity index (χ2v) is 8.98. The Bertz CT molecular complexity index is 879. The number of amides is 1. The van der Waals surface area contributed by atoms with Gasteiger partial charge < -0.3 is 14.4 Å². The van der Waals surface area contributed by atoms with Gasteiger partial charge in [0.05, 0.1) is 18.8 Å². The van der Waals surface area contributed by atoms with Crippen LogP contribution in [0.4, 0.5) is 0 Å². The molecule has 0 N–H and O–H groups in total. The minimum absolute atomic E-state index is 0.111. The van der Waals surface area contributed by atoms with E-state index in [-0.39, 0.29) is 5.91 Å². The van der Waals surface area contributed by atoms with E-state index in [1.54, 1.807) is 0 Å². The molecule has 1 atom stereocenters. The van der Waals surface area contributed by atoms with E-state index in [1.165, 1.54) is 18.4 Å². The normalized spacial score (nSPS) is 19.5. The van der Waals surface area contributed by atoms with E-state index in [4.69, 9.17) is 9.47 Å². The number of nitrogens with zero attached hydrogens (tertiary/aromatic N) is 2. The second kappa shape index (κ2) is 11.4. The summed E-state index contributed by atoms with van der Waals surface area (Å²) in [5.41, 5.74) is 1.99. The standard InChI is InChI=1S/C27H36N2O3/c1-2-31-24-12-8-10-22(18-24)19-28-15-9-11-23(20-28)21-32-26-14-5-4-13-25(26)27(30)29-16-6-3-7-17-29/h4-5,8,10,12-14,18,23H,2-3,6-7,9,11,15-17,19-21H2,1H3. The van der Waals surface area contributed by atoms with Crippen molar-refractivity contribution >= 4 is 5.91 Å². The molecule has 2 aliphatic rings. The number of carbonyl (C=O) groups is 1. The molecule has 4 rings (SSSR count). The fraction of sp³-hybridized carbons (Fsp3) is 0.519. The van der Waals surface area contributed by atoms with E-state index >= 15 is 0 Å². The van der Waals surface area contributed by atoms with Crippen molar-refractivity contribution < 1.29 is 14.3 Å². The Kier molecular flexibility index (Phi) is 8.05. The third-order valence-electron chi connectivity index (χ3n) is 6.45. The second-order valence-electron chi connectivity index (χ2n) is 8.98. The van der Waals surface area contributed by atoms with Crippen molar-refractivity contribution in [1.29, 1.82) is 0 Å². The highest BCUT2D eigenvalue weighted by Crippen LogP contribution is 2.25. The number of hydrogen-bond acceptors (Lipinski definition) is 4. The summed E-state index contributed by atoms with van der Waals surface area (Å²) in [6.07, 6.45) is 5.75. The van der Waals surface area contributed by atoms with Crippen molar-refractivity contribution in [1.82, 2.24) is 9.80 Å². The molecule has 2 aromatic carbocycles. The molecule has 0 spiro atoms. The summed E-state index contributed by atoms with van der Waals surface area (Å²) in [6.45, 7) is 8.13. The average Bonchev–Trinajstić information content (AvgIpc) is 2.84. The summed E-state index contributed by atoms with van der Waals surface area (Å²) < 4.78 is 11.9. The zero-order valence-electron chi connectivity index (χ0n) is 19.3. The Balaban J connectivity index is 1.33. The van der Waals surface area contributed by atoms with Crippen LogP contribution in [0.3, 0.4) is 0 Å². The molecule has 2 aromatic rings. The molecule has 32 heavy (non-hydrogen) atoms. The van der Waals surface area contributed by atoms with Gasteiger partial charge in [-0.05, 0) is 75.4 Å². The van der Waals surface area contributed by atoms with Crippen LogP contribution >= 0.6 is 0 Å². The Labute approximate surface area is 192 Å². The number of benzene rings is 2. The predicted octanol–water partition coefficient (Wildman–Crippen LogP) is 5.00. The van der Waals surface area contributed by atoms with Crippen LogP contribution in [0.15, 0.2) is 48.5 Å². The zero-order valence-corrected chi connectivity index (χ0v) is 19.3. The van der Waals surface area contributed by atoms with Crippen molar-refractivity contribution in [3.63, 3.8) is 0 Å². The monoisotopic (exact) mass is 436 g/mol. The molecule has 5 nitrogen and oxygen atoms in total. The lowest BCUT2D eigenvalue weighted by atomic mass is 9.98. The third kappa shape index (κ3) is 6.04. The SMILES string of the molecule is CCOc1cccc(CN2CCCC(COc3ccccc3C(=O)N3CCCCC3)C2)c1. The van der Waals surface area contributed by atoms with E-state index in [9.17, 15) is 4.79 Å². The van der Waals surface area contributed by atoms with Crippen LogP contribution in [0.2, 0.25) is 0 Å². The summed E-state index contributed by atoms with van der Waals surface area (Å²) in [6, 6.07) is 16.1. The van der Waals surface area contributed by atoms with Crippen molar-refractivity contribution in [3.05, 3.63) is 59.7 Å². The van der Waals surface area contributed by atoms with E-state index < -0.39 is 0 Å². The maximum atomic E-state index is 13.0. The largest absolute Gasteiger partial charge is 0.494 e. The van der Waals surface area contributed by atoms with Crippen molar-refractivity contribution in [3.8, 4) is 11.5 Å². The van der Waals surface area contributed by atoms with Gasteiger partial charge in [-0.1, -0.05) is 24.3 Å². The van der Waals surface area contributed by atoms with Gasteiger partial charge in [0.25, 0.3) is 5.91 Å². The van der Waals surface area contributed by atoms with Gasteiger partial charge in [-0.2, -0.15) is 0 Å². The molecule has 2 fully saturated rings. The molecule has 2 saturated heterocycles. The fourth-order valence-electron chi connectivity index (χ4n) is 4.83. The minimum atomic E-state index is 0.111. The number of hydrogen-bond donors (Lipinski definition) is 0. The molecule has 2 aliphatic heterocycles. The fourth-order valence-corrected chi connectivity index (χ4v) is 4.83. The van der Waals surface area contributed by atoms with Gasteiger partial charge in [-0.3, -0.25) is 9.69 Å². The van der Waals surface area contributed by atoms with Crippen molar-refractivity contribution in [2.45, 2.75) is 45.6 Å². The first-order valence-corrected chi connectivity index (χ1v) is 12.2. The van der Waals surface area contributed by atoms with Crippen LogP contribution in [0.5, 0.6) is 11.5 Å². The molecule has 0 aliphatic carbocycles. The third-order valence-corrected chi connectivity index (χ3v) is 6.45. The van der Waals surface area contributed by atoms with Gasteiger partial charge in [0.1, 0.15) is 11.5 Å². The number of carbonyl (C=O) groups excluding carboxylic acids is 1. The molecule has 2 heterocycles. The lowest BCUT2D eigenvalue weighted by Gasteiger charge is -2.33. The van der Waals surface area contributed by atoms with Gasteiger partial charge in [0.2, 0.25) is 0 Å². The average molecular weight is 437 g/mol. The first-order chi connectivity index (χ1) is 15.7. The first-order valence-electron chi connectivity index (χ1n) is 12.2. The summed E-state index contributed by atoms with van der Waals surface area (Å²) in [5.74, 6) is 2.25. The van der Waals surface area contributed by atoms with Crippen molar-refractivity contribution in [2.24, 2.45) is 5.92 Å². The molecule has 0 saturated carbocycles. The zero-order chi connectivity index (χ0) is 22.2. The number of likely N-dealkylation sites (tertiary alicyclic amines) is 2. The molecular formula is C27H36N2O3.